The van der Waals surface area contributed by atoms with Gasteiger partial charge in [-0.05, 0) is 43.0 Å². The van der Waals surface area contributed by atoms with Crippen molar-refractivity contribution in [2.45, 2.75) is 36.6 Å². The van der Waals surface area contributed by atoms with Crippen LogP contribution in [0.25, 0.3) is 0 Å². The Hall–Kier alpha value is -0.650. The predicted octanol–water partition coefficient (Wildman–Crippen LogP) is 2.90. The summed E-state index contributed by atoms with van der Waals surface area (Å²) in [6, 6.07) is 4.72. The smallest absolute Gasteiger partial charge is 0.208 e. The topological polar surface area (TPSA) is 46.2 Å². The van der Waals surface area contributed by atoms with Crippen molar-refractivity contribution in [1.29, 1.82) is 0 Å². The van der Waals surface area contributed by atoms with Crippen LogP contribution < -0.4 is 4.72 Å². The van der Waals surface area contributed by atoms with Gasteiger partial charge in [0.25, 0.3) is 0 Å². The molecule has 2 rings (SSSR count). The van der Waals surface area contributed by atoms with Gasteiger partial charge in [-0.15, -0.1) is 11.6 Å². The number of benzene rings is 1. The predicted molar refractivity (Wildman–Crippen MR) is 73.2 cm³/mol. The van der Waals surface area contributed by atoms with Gasteiger partial charge in [-0.3, -0.25) is 0 Å². The Kier molecular flexibility index (Phi) is 4.81. The Morgan fingerprint density at radius 3 is 2.47 bits per heavy atom. The van der Waals surface area contributed by atoms with Gasteiger partial charge in [-0.2, -0.15) is 0 Å². The van der Waals surface area contributed by atoms with Crippen molar-refractivity contribution in [1.82, 2.24) is 4.72 Å². The van der Waals surface area contributed by atoms with Crippen LogP contribution in [0, 0.1) is 11.7 Å². The molecule has 106 valence electrons. The highest BCUT2D eigenvalue weighted by Gasteiger charge is 2.28. The maximum atomic E-state index is 12.8. The Morgan fingerprint density at radius 1 is 1.21 bits per heavy atom. The van der Waals surface area contributed by atoms with Gasteiger partial charge in [0.1, 0.15) is 5.82 Å². The molecule has 1 aromatic carbocycles. The van der Waals surface area contributed by atoms with Crippen LogP contribution in [-0.4, -0.2) is 20.3 Å². The van der Waals surface area contributed by atoms with Crippen LogP contribution in [0.1, 0.15) is 25.7 Å². The molecule has 19 heavy (non-hydrogen) atoms. The van der Waals surface area contributed by atoms with Gasteiger partial charge in [-0.1, -0.05) is 12.8 Å². The molecule has 1 aliphatic rings. The third-order valence-electron chi connectivity index (χ3n) is 3.54. The third kappa shape index (κ3) is 3.68. The lowest BCUT2D eigenvalue weighted by molar-refractivity contribution is 0.314. The van der Waals surface area contributed by atoms with Crippen LogP contribution in [0.3, 0.4) is 0 Å². The van der Waals surface area contributed by atoms with E-state index in [2.05, 4.69) is 4.72 Å². The quantitative estimate of drug-likeness (QED) is 0.869. The molecule has 1 fully saturated rings. The van der Waals surface area contributed by atoms with Crippen molar-refractivity contribution in [2.24, 2.45) is 5.92 Å². The average Bonchev–Trinajstić information content (AvgIpc) is 2.39. The summed E-state index contributed by atoms with van der Waals surface area (Å²) in [6.45, 7) is 0. The second-order valence-corrected chi connectivity index (χ2v) is 6.90. The fourth-order valence-corrected chi connectivity index (χ4v) is 4.14. The SMILES string of the molecule is O=S(=O)(NC1CCCCC1CCl)c1ccc(F)cc1. The van der Waals surface area contributed by atoms with Gasteiger partial charge in [0.2, 0.25) is 10.0 Å². The fraction of sp³-hybridized carbons (Fsp3) is 0.538. The number of hydrogen-bond donors (Lipinski definition) is 1. The minimum atomic E-state index is -3.59. The molecule has 1 aliphatic carbocycles. The number of sulfonamides is 1. The molecule has 1 N–H and O–H groups in total. The molecule has 0 amide bonds. The molecule has 0 aliphatic heterocycles. The summed E-state index contributed by atoms with van der Waals surface area (Å²) in [4.78, 5) is 0.0906. The lowest BCUT2D eigenvalue weighted by Crippen LogP contribution is -2.42. The first-order valence-corrected chi connectivity index (χ1v) is 8.38. The first kappa shape index (κ1) is 14.8. The lowest BCUT2D eigenvalue weighted by atomic mass is 9.86. The number of halogens is 2. The Bertz CT molecular complexity index is 518. The minimum Gasteiger partial charge on any atom is -0.208 e. The summed E-state index contributed by atoms with van der Waals surface area (Å²) >= 11 is 5.89. The molecule has 0 heterocycles. The molecule has 1 saturated carbocycles. The second-order valence-electron chi connectivity index (χ2n) is 4.88. The first-order valence-electron chi connectivity index (χ1n) is 6.37. The fourth-order valence-electron chi connectivity index (χ4n) is 2.43. The number of rotatable bonds is 4. The zero-order valence-electron chi connectivity index (χ0n) is 10.5. The minimum absolute atomic E-state index is 0.0906. The van der Waals surface area contributed by atoms with Crippen molar-refractivity contribution in [3.05, 3.63) is 30.1 Å². The van der Waals surface area contributed by atoms with Crippen LogP contribution in [0.2, 0.25) is 0 Å². The third-order valence-corrected chi connectivity index (χ3v) is 5.44. The molecule has 0 aromatic heterocycles. The van der Waals surface area contributed by atoms with E-state index in [0.717, 1.165) is 37.8 Å². The summed E-state index contributed by atoms with van der Waals surface area (Å²) in [5.41, 5.74) is 0. The molecular weight excluding hydrogens is 289 g/mol. The Morgan fingerprint density at radius 2 is 1.84 bits per heavy atom. The molecule has 0 saturated heterocycles. The van der Waals surface area contributed by atoms with E-state index >= 15 is 0 Å². The molecular formula is C13H17ClFNO2S. The van der Waals surface area contributed by atoms with Gasteiger partial charge >= 0.3 is 0 Å². The molecule has 3 nitrogen and oxygen atoms in total. The van der Waals surface area contributed by atoms with Crippen molar-refractivity contribution in [3.8, 4) is 0 Å². The number of hydrogen-bond acceptors (Lipinski definition) is 2. The summed E-state index contributed by atoms with van der Waals surface area (Å²) in [6.07, 6.45) is 3.84. The van der Waals surface area contributed by atoms with Crippen molar-refractivity contribution in [3.63, 3.8) is 0 Å². The largest absolute Gasteiger partial charge is 0.240 e. The van der Waals surface area contributed by atoms with E-state index in [9.17, 15) is 12.8 Å². The van der Waals surface area contributed by atoms with Gasteiger partial charge in [0.15, 0.2) is 0 Å². The van der Waals surface area contributed by atoms with Gasteiger partial charge < -0.3 is 0 Å². The normalized spacial score (nSPS) is 24.3. The molecule has 2 unspecified atom stereocenters. The van der Waals surface area contributed by atoms with E-state index < -0.39 is 15.8 Å². The van der Waals surface area contributed by atoms with Crippen LogP contribution in [0.4, 0.5) is 4.39 Å². The molecule has 0 radical (unpaired) electrons. The zero-order chi connectivity index (χ0) is 13.9. The highest BCUT2D eigenvalue weighted by atomic mass is 35.5. The summed E-state index contributed by atoms with van der Waals surface area (Å²) in [5.74, 6) is 0.178. The van der Waals surface area contributed by atoms with E-state index in [1.807, 2.05) is 0 Å². The van der Waals surface area contributed by atoms with Crippen LogP contribution in [-0.2, 0) is 10.0 Å². The van der Waals surface area contributed by atoms with E-state index in [1.165, 1.54) is 12.1 Å². The summed E-state index contributed by atoms with van der Waals surface area (Å²) in [5, 5.41) is 0. The van der Waals surface area contributed by atoms with Crippen LogP contribution in [0.15, 0.2) is 29.2 Å². The second kappa shape index (κ2) is 6.20. The van der Waals surface area contributed by atoms with E-state index in [1.54, 1.807) is 0 Å². The van der Waals surface area contributed by atoms with Crippen LogP contribution in [0.5, 0.6) is 0 Å². The highest BCUT2D eigenvalue weighted by molar-refractivity contribution is 7.89. The molecule has 0 bridgehead atoms. The van der Waals surface area contributed by atoms with Crippen molar-refractivity contribution < 1.29 is 12.8 Å². The Labute approximate surface area is 118 Å². The average molecular weight is 306 g/mol. The number of nitrogens with one attached hydrogen (secondary N) is 1. The monoisotopic (exact) mass is 305 g/mol. The van der Waals surface area contributed by atoms with Crippen LogP contribution >= 0.6 is 11.6 Å². The molecule has 2 atom stereocenters. The zero-order valence-corrected chi connectivity index (χ0v) is 12.1. The molecule has 6 heteroatoms. The van der Waals surface area contributed by atoms with Gasteiger partial charge in [-0.25, -0.2) is 17.5 Å². The van der Waals surface area contributed by atoms with Crippen molar-refractivity contribution >= 4 is 21.6 Å². The molecule has 0 spiro atoms. The van der Waals surface area contributed by atoms with Gasteiger partial charge in [0, 0.05) is 11.9 Å². The summed E-state index contributed by atoms with van der Waals surface area (Å²) in [7, 11) is -3.59. The van der Waals surface area contributed by atoms with Gasteiger partial charge in [0.05, 0.1) is 4.90 Å². The van der Waals surface area contributed by atoms with E-state index in [-0.39, 0.29) is 16.9 Å². The Balaban J connectivity index is 2.14. The van der Waals surface area contributed by atoms with Crippen molar-refractivity contribution in [2.75, 3.05) is 5.88 Å². The number of alkyl halides is 1. The maximum Gasteiger partial charge on any atom is 0.240 e. The maximum absolute atomic E-state index is 12.8. The molecule has 1 aromatic rings. The van der Waals surface area contributed by atoms with E-state index in [0.29, 0.717) is 5.88 Å². The highest BCUT2D eigenvalue weighted by Crippen LogP contribution is 2.26. The van der Waals surface area contributed by atoms with E-state index in [4.69, 9.17) is 11.6 Å². The standard InChI is InChI=1S/C13H17ClFNO2S/c14-9-10-3-1-2-4-13(10)16-19(17,18)12-7-5-11(15)6-8-12/h5-8,10,13,16H,1-4,9H2. The summed E-state index contributed by atoms with van der Waals surface area (Å²) < 4.78 is 39.9. The first-order chi connectivity index (χ1) is 9.03. The lowest BCUT2D eigenvalue weighted by Gasteiger charge is -2.30.